The average molecular weight is 269 g/mol. The SMILES string of the molecule is Cc1cc(N)c(Cl)cc1N(CCCO)C1CCC1. The van der Waals surface area contributed by atoms with Crippen molar-refractivity contribution in [1.82, 2.24) is 0 Å². The van der Waals surface area contributed by atoms with E-state index in [2.05, 4.69) is 11.8 Å². The lowest BCUT2D eigenvalue weighted by Crippen LogP contribution is -2.41. The van der Waals surface area contributed by atoms with Crippen LogP contribution >= 0.6 is 11.6 Å². The Bertz CT molecular complexity index is 419. The first-order valence-corrected chi connectivity index (χ1v) is 6.94. The third-order valence-corrected chi connectivity index (χ3v) is 4.02. The number of aliphatic hydroxyl groups is 1. The summed E-state index contributed by atoms with van der Waals surface area (Å²) in [5.41, 5.74) is 8.77. The van der Waals surface area contributed by atoms with Crippen LogP contribution in [0.4, 0.5) is 11.4 Å². The summed E-state index contributed by atoms with van der Waals surface area (Å²) in [7, 11) is 0. The molecule has 0 aliphatic heterocycles. The Labute approximate surface area is 114 Å². The van der Waals surface area contributed by atoms with Gasteiger partial charge in [-0.05, 0) is 50.3 Å². The number of aliphatic hydroxyl groups excluding tert-OH is 1. The normalized spacial score (nSPS) is 15.5. The highest BCUT2D eigenvalue weighted by molar-refractivity contribution is 6.33. The smallest absolute Gasteiger partial charge is 0.0656 e. The summed E-state index contributed by atoms with van der Waals surface area (Å²) in [6, 6.07) is 4.49. The lowest BCUT2D eigenvalue weighted by molar-refractivity contribution is 0.283. The minimum Gasteiger partial charge on any atom is -0.398 e. The van der Waals surface area contributed by atoms with Crippen LogP contribution in [0.3, 0.4) is 0 Å². The number of nitrogens with two attached hydrogens (primary N) is 1. The maximum atomic E-state index is 9.03. The van der Waals surface area contributed by atoms with Crippen molar-refractivity contribution in [3.63, 3.8) is 0 Å². The van der Waals surface area contributed by atoms with Gasteiger partial charge in [0.1, 0.15) is 0 Å². The van der Waals surface area contributed by atoms with Gasteiger partial charge in [-0.2, -0.15) is 0 Å². The van der Waals surface area contributed by atoms with Gasteiger partial charge in [0.25, 0.3) is 0 Å². The maximum Gasteiger partial charge on any atom is 0.0656 e. The monoisotopic (exact) mass is 268 g/mol. The molecule has 1 aromatic carbocycles. The molecular formula is C14H21ClN2O. The number of nitrogen functional groups attached to an aromatic ring is 1. The second-order valence-corrected chi connectivity index (χ2v) is 5.42. The predicted octanol–water partition coefficient (Wildman–Crippen LogP) is 2.97. The van der Waals surface area contributed by atoms with Gasteiger partial charge in [-0.15, -0.1) is 0 Å². The van der Waals surface area contributed by atoms with Crippen LogP contribution < -0.4 is 10.6 Å². The first kappa shape index (κ1) is 13.5. The van der Waals surface area contributed by atoms with E-state index in [1.807, 2.05) is 12.1 Å². The van der Waals surface area contributed by atoms with E-state index in [0.717, 1.165) is 24.2 Å². The molecule has 18 heavy (non-hydrogen) atoms. The molecule has 1 aliphatic rings. The quantitative estimate of drug-likeness (QED) is 0.807. The number of benzene rings is 1. The molecule has 1 saturated carbocycles. The first-order chi connectivity index (χ1) is 8.63. The number of hydrogen-bond acceptors (Lipinski definition) is 3. The molecule has 0 saturated heterocycles. The summed E-state index contributed by atoms with van der Waals surface area (Å²) in [5.74, 6) is 0. The number of halogens is 1. The van der Waals surface area contributed by atoms with Crippen molar-refractivity contribution in [2.75, 3.05) is 23.8 Å². The molecule has 3 nitrogen and oxygen atoms in total. The zero-order valence-electron chi connectivity index (χ0n) is 10.8. The average Bonchev–Trinajstić information content (AvgIpc) is 2.27. The van der Waals surface area contributed by atoms with Crippen molar-refractivity contribution in [2.45, 2.75) is 38.6 Å². The van der Waals surface area contributed by atoms with E-state index in [1.54, 1.807) is 0 Å². The van der Waals surface area contributed by atoms with E-state index in [9.17, 15) is 0 Å². The molecule has 0 amide bonds. The van der Waals surface area contributed by atoms with Gasteiger partial charge >= 0.3 is 0 Å². The molecule has 0 radical (unpaired) electrons. The fraction of sp³-hybridized carbons (Fsp3) is 0.571. The molecule has 100 valence electrons. The van der Waals surface area contributed by atoms with Gasteiger partial charge in [-0.1, -0.05) is 11.6 Å². The highest BCUT2D eigenvalue weighted by Gasteiger charge is 2.26. The van der Waals surface area contributed by atoms with E-state index in [-0.39, 0.29) is 6.61 Å². The third-order valence-electron chi connectivity index (χ3n) is 3.70. The number of nitrogens with zero attached hydrogens (tertiary/aromatic N) is 1. The molecule has 0 aromatic heterocycles. The standard InChI is InChI=1S/C14H21ClN2O/c1-10-8-13(16)12(15)9-14(10)17(6-3-7-18)11-4-2-5-11/h8-9,11,18H,2-7,16H2,1H3. The minimum absolute atomic E-state index is 0.227. The highest BCUT2D eigenvalue weighted by Crippen LogP contribution is 2.35. The summed E-state index contributed by atoms with van der Waals surface area (Å²) >= 11 is 6.13. The van der Waals surface area contributed by atoms with Crippen molar-refractivity contribution in [3.8, 4) is 0 Å². The Hall–Kier alpha value is -0.930. The van der Waals surface area contributed by atoms with Crippen LogP contribution in [-0.4, -0.2) is 24.3 Å². The van der Waals surface area contributed by atoms with E-state index in [0.29, 0.717) is 16.8 Å². The Morgan fingerprint density at radius 2 is 2.17 bits per heavy atom. The van der Waals surface area contributed by atoms with Crippen LogP contribution in [-0.2, 0) is 0 Å². The molecule has 2 rings (SSSR count). The van der Waals surface area contributed by atoms with Crippen LogP contribution in [0.5, 0.6) is 0 Å². The van der Waals surface area contributed by atoms with Crippen LogP contribution in [0, 0.1) is 6.92 Å². The van der Waals surface area contributed by atoms with Gasteiger partial charge < -0.3 is 15.7 Å². The fourth-order valence-corrected chi connectivity index (χ4v) is 2.60. The van der Waals surface area contributed by atoms with Crippen LogP contribution in [0.25, 0.3) is 0 Å². The number of hydrogen-bond donors (Lipinski definition) is 2. The van der Waals surface area contributed by atoms with Gasteiger partial charge in [0.2, 0.25) is 0 Å². The molecule has 1 aromatic rings. The summed E-state index contributed by atoms with van der Waals surface area (Å²) in [4.78, 5) is 2.38. The van der Waals surface area contributed by atoms with Gasteiger partial charge in [-0.25, -0.2) is 0 Å². The summed E-state index contributed by atoms with van der Waals surface area (Å²) in [6.45, 7) is 3.17. The zero-order chi connectivity index (χ0) is 13.1. The Kier molecular flexibility index (Phi) is 4.36. The number of aryl methyl sites for hydroxylation is 1. The molecule has 4 heteroatoms. The van der Waals surface area contributed by atoms with Gasteiger partial charge in [-0.3, -0.25) is 0 Å². The Morgan fingerprint density at radius 1 is 1.44 bits per heavy atom. The zero-order valence-corrected chi connectivity index (χ0v) is 11.6. The van der Waals surface area contributed by atoms with Crippen LogP contribution in [0.1, 0.15) is 31.2 Å². The fourth-order valence-electron chi connectivity index (χ4n) is 2.44. The second kappa shape index (κ2) is 5.81. The summed E-state index contributed by atoms with van der Waals surface area (Å²) in [5, 5.41) is 9.64. The van der Waals surface area contributed by atoms with Crippen LogP contribution in [0.2, 0.25) is 5.02 Å². The molecule has 1 fully saturated rings. The van der Waals surface area contributed by atoms with E-state index >= 15 is 0 Å². The van der Waals surface area contributed by atoms with E-state index in [4.69, 9.17) is 22.4 Å². The number of anilines is 2. The summed E-state index contributed by atoms with van der Waals surface area (Å²) < 4.78 is 0. The number of rotatable bonds is 5. The molecular weight excluding hydrogens is 248 g/mol. The van der Waals surface area contributed by atoms with Gasteiger partial charge in [0.05, 0.1) is 10.7 Å². The highest BCUT2D eigenvalue weighted by atomic mass is 35.5. The van der Waals surface area contributed by atoms with E-state index in [1.165, 1.54) is 19.3 Å². The van der Waals surface area contributed by atoms with Gasteiger partial charge in [0, 0.05) is 24.9 Å². The lowest BCUT2D eigenvalue weighted by atomic mass is 9.90. The van der Waals surface area contributed by atoms with E-state index < -0.39 is 0 Å². The predicted molar refractivity (Wildman–Crippen MR) is 77.3 cm³/mol. The molecule has 0 unspecified atom stereocenters. The molecule has 0 bridgehead atoms. The largest absolute Gasteiger partial charge is 0.398 e. The molecule has 1 aliphatic carbocycles. The van der Waals surface area contributed by atoms with Crippen molar-refractivity contribution in [2.24, 2.45) is 0 Å². The molecule has 0 atom stereocenters. The third kappa shape index (κ3) is 2.73. The molecule has 0 spiro atoms. The topological polar surface area (TPSA) is 49.5 Å². The lowest BCUT2D eigenvalue weighted by Gasteiger charge is -2.40. The van der Waals surface area contributed by atoms with Crippen molar-refractivity contribution in [3.05, 3.63) is 22.7 Å². The minimum atomic E-state index is 0.227. The first-order valence-electron chi connectivity index (χ1n) is 6.56. The Balaban J connectivity index is 2.25. The van der Waals surface area contributed by atoms with Crippen LogP contribution in [0.15, 0.2) is 12.1 Å². The van der Waals surface area contributed by atoms with Crippen molar-refractivity contribution in [1.29, 1.82) is 0 Å². The Morgan fingerprint density at radius 3 is 2.72 bits per heavy atom. The second-order valence-electron chi connectivity index (χ2n) is 5.02. The molecule has 0 heterocycles. The summed E-state index contributed by atoms with van der Waals surface area (Å²) in [6.07, 6.45) is 4.54. The van der Waals surface area contributed by atoms with Crippen molar-refractivity contribution >= 4 is 23.0 Å². The molecule has 3 N–H and O–H groups in total. The maximum absolute atomic E-state index is 9.03. The van der Waals surface area contributed by atoms with Crippen molar-refractivity contribution < 1.29 is 5.11 Å². The van der Waals surface area contributed by atoms with Gasteiger partial charge in [0.15, 0.2) is 0 Å².